The number of hydrogen-bond donors (Lipinski definition) is 2. The lowest BCUT2D eigenvalue weighted by Gasteiger charge is -2.36. The van der Waals surface area contributed by atoms with Crippen molar-refractivity contribution in [3.05, 3.63) is 0 Å². The molecule has 2 rings (SSSR count). The van der Waals surface area contributed by atoms with E-state index < -0.39 is 0 Å². The van der Waals surface area contributed by atoms with Gasteiger partial charge in [0.2, 0.25) is 5.91 Å². The van der Waals surface area contributed by atoms with Gasteiger partial charge in [-0.15, -0.1) is 0 Å². The van der Waals surface area contributed by atoms with Crippen LogP contribution < -0.4 is 11.1 Å². The number of nitrogens with one attached hydrogen (secondary N) is 1. The summed E-state index contributed by atoms with van der Waals surface area (Å²) in [7, 11) is 2.16. The minimum atomic E-state index is 0.0773. The number of nitrogens with zero attached hydrogens (tertiary/aromatic N) is 1. The molecule has 0 radical (unpaired) electrons. The van der Waals surface area contributed by atoms with Crippen molar-refractivity contribution in [2.45, 2.75) is 70.4 Å². The molecule has 0 aromatic heterocycles. The summed E-state index contributed by atoms with van der Waals surface area (Å²) in [4.78, 5) is 14.6. The molecule has 3 N–H and O–H groups in total. The maximum absolute atomic E-state index is 12.2. The summed E-state index contributed by atoms with van der Waals surface area (Å²) in [6.45, 7) is 3.60. The zero-order valence-electron chi connectivity index (χ0n) is 13.2. The van der Waals surface area contributed by atoms with Crippen LogP contribution in [0.25, 0.3) is 0 Å². The second-order valence-electron chi connectivity index (χ2n) is 6.99. The molecule has 2 saturated carbocycles. The summed E-state index contributed by atoms with van der Waals surface area (Å²) in [5, 5.41) is 3.12. The minimum absolute atomic E-state index is 0.0773. The van der Waals surface area contributed by atoms with Gasteiger partial charge in [0, 0.05) is 25.0 Å². The van der Waals surface area contributed by atoms with Crippen LogP contribution in [0.4, 0.5) is 0 Å². The SMILES string of the molecule is CC(CNC(=O)CC1(CN)CCCCC1)N(C)C1CC1. The molecule has 0 saturated heterocycles. The van der Waals surface area contributed by atoms with Gasteiger partial charge in [0.15, 0.2) is 0 Å². The van der Waals surface area contributed by atoms with Crippen molar-refractivity contribution in [3.8, 4) is 0 Å². The van der Waals surface area contributed by atoms with E-state index in [4.69, 9.17) is 5.73 Å². The van der Waals surface area contributed by atoms with Crippen LogP contribution >= 0.6 is 0 Å². The van der Waals surface area contributed by atoms with Crippen molar-refractivity contribution in [3.63, 3.8) is 0 Å². The van der Waals surface area contributed by atoms with Crippen LogP contribution in [0.3, 0.4) is 0 Å². The molecule has 0 bridgehead atoms. The fraction of sp³-hybridized carbons (Fsp3) is 0.938. The first-order valence-corrected chi connectivity index (χ1v) is 8.25. The normalized spacial score (nSPS) is 23.6. The van der Waals surface area contributed by atoms with Crippen LogP contribution in [0.5, 0.6) is 0 Å². The summed E-state index contributed by atoms with van der Waals surface area (Å²) in [5.41, 5.74) is 6.03. The summed E-state index contributed by atoms with van der Waals surface area (Å²) in [5.74, 6) is 0.188. The van der Waals surface area contributed by atoms with Gasteiger partial charge in [0.1, 0.15) is 0 Å². The molecular formula is C16H31N3O. The van der Waals surface area contributed by atoms with E-state index in [1.54, 1.807) is 0 Å². The van der Waals surface area contributed by atoms with E-state index in [2.05, 4.69) is 24.2 Å². The highest BCUT2D eigenvalue weighted by Crippen LogP contribution is 2.38. The monoisotopic (exact) mass is 281 g/mol. The van der Waals surface area contributed by atoms with Crippen molar-refractivity contribution < 1.29 is 4.79 Å². The summed E-state index contributed by atoms with van der Waals surface area (Å²) in [6, 6.07) is 1.17. The highest BCUT2D eigenvalue weighted by molar-refractivity contribution is 5.76. The summed E-state index contributed by atoms with van der Waals surface area (Å²) >= 11 is 0. The Labute approximate surface area is 123 Å². The third-order valence-corrected chi connectivity index (χ3v) is 5.30. The molecule has 1 amide bonds. The molecule has 4 nitrogen and oxygen atoms in total. The molecule has 0 aromatic carbocycles. The minimum Gasteiger partial charge on any atom is -0.355 e. The zero-order valence-corrected chi connectivity index (χ0v) is 13.2. The molecule has 116 valence electrons. The first-order chi connectivity index (χ1) is 9.56. The maximum atomic E-state index is 12.2. The molecule has 0 aliphatic heterocycles. The Morgan fingerprint density at radius 3 is 2.55 bits per heavy atom. The third kappa shape index (κ3) is 4.19. The first-order valence-electron chi connectivity index (χ1n) is 8.25. The van der Waals surface area contributed by atoms with Crippen LogP contribution in [0.2, 0.25) is 0 Å². The van der Waals surface area contributed by atoms with E-state index >= 15 is 0 Å². The van der Waals surface area contributed by atoms with Gasteiger partial charge in [-0.2, -0.15) is 0 Å². The van der Waals surface area contributed by atoms with Gasteiger partial charge in [0.25, 0.3) is 0 Å². The average molecular weight is 281 g/mol. The van der Waals surface area contributed by atoms with Gasteiger partial charge >= 0.3 is 0 Å². The predicted molar refractivity (Wildman–Crippen MR) is 82.4 cm³/mol. The zero-order chi connectivity index (χ0) is 14.6. The van der Waals surface area contributed by atoms with Crippen molar-refractivity contribution >= 4 is 5.91 Å². The standard InChI is InChI=1S/C16H31N3O/c1-13(19(2)14-6-7-14)11-18-15(20)10-16(12-17)8-4-3-5-9-16/h13-14H,3-12,17H2,1-2H3,(H,18,20). The van der Waals surface area contributed by atoms with Gasteiger partial charge in [-0.05, 0) is 51.6 Å². The molecule has 0 aromatic rings. The molecule has 2 fully saturated rings. The quantitative estimate of drug-likeness (QED) is 0.749. The number of carbonyl (C=O) groups excluding carboxylic acids is 1. The van der Waals surface area contributed by atoms with E-state index in [9.17, 15) is 4.79 Å². The predicted octanol–water partition coefficient (Wildman–Crippen LogP) is 1.88. The lowest BCUT2D eigenvalue weighted by Crippen LogP contribution is -2.44. The molecule has 2 aliphatic rings. The number of hydrogen-bond acceptors (Lipinski definition) is 3. The summed E-state index contributed by atoms with van der Waals surface area (Å²) in [6.07, 6.45) is 9.23. The first kappa shape index (κ1) is 15.8. The van der Waals surface area contributed by atoms with Gasteiger partial charge in [0.05, 0.1) is 0 Å². The number of nitrogens with two attached hydrogens (primary N) is 1. The van der Waals surface area contributed by atoms with Crippen LogP contribution in [0, 0.1) is 5.41 Å². The highest BCUT2D eigenvalue weighted by atomic mass is 16.1. The Morgan fingerprint density at radius 2 is 2.00 bits per heavy atom. The molecule has 0 spiro atoms. The van der Waals surface area contributed by atoms with Crippen molar-refractivity contribution in [2.75, 3.05) is 20.1 Å². The Hall–Kier alpha value is -0.610. The Morgan fingerprint density at radius 1 is 1.35 bits per heavy atom. The smallest absolute Gasteiger partial charge is 0.220 e. The van der Waals surface area contributed by atoms with Gasteiger partial charge in [-0.3, -0.25) is 9.69 Å². The van der Waals surface area contributed by atoms with Crippen molar-refractivity contribution in [1.82, 2.24) is 10.2 Å². The molecule has 1 unspecified atom stereocenters. The van der Waals surface area contributed by atoms with Crippen LogP contribution in [0.1, 0.15) is 58.3 Å². The van der Waals surface area contributed by atoms with E-state index in [0.717, 1.165) is 25.4 Å². The molecule has 4 heteroatoms. The molecule has 2 aliphatic carbocycles. The highest BCUT2D eigenvalue weighted by Gasteiger charge is 2.33. The van der Waals surface area contributed by atoms with Gasteiger partial charge in [-0.1, -0.05) is 19.3 Å². The topological polar surface area (TPSA) is 58.4 Å². The van der Waals surface area contributed by atoms with E-state index in [0.29, 0.717) is 19.0 Å². The number of amides is 1. The van der Waals surface area contributed by atoms with Gasteiger partial charge < -0.3 is 11.1 Å². The largest absolute Gasteiger partial charge is 0.355 e. The molecule has 20 heavy (non-hydrogen) atoms. The van der Waals surface area contributed by atoms with E-state index in [1.807, 2.05) is 0 Å². The summed E-state index contributed by atoms with van der Waals surface area (Å²) < 4.78 is 0. The fourth-order valence-corrected chi connectivity index (χ4v) is 3.41. The number of rotatable bonds is 7. The fourth-order valence-electron chi connectivity index (χ4n) is 3.41. The van der Waals surface area contributed by atoms with E-state index in [-0.39, 0.29) is 11.3 Å². The third-order valence-electron chi connectivity index (χ3n) is 5.30. The lowest BCUT2D eigenvalue weighted by molar-refractivity contribution is -0.124. The molecule has 0 heterocycles. The Balaban J connectivity index is 1.73. The van der Waals surface area contributed by atoms with Crippen LogP contribution in [-0.4, -0.2) is 43.0 Å². The van der Waals surface area contributed by atoms with Crippen molar-refractivity contribution in [1.29, 1.82) is 0 Å². The average Bonchev–Trinajstić information content (AvgIpc) is 3.29. The number of likely N-dealkylation sites (N-methyl/N-ethyl adjacent to an activating group) is 1. The van der Waals surface area contributed by atoms with Gasteiger partial charge in [-0.25, -0.2) is 0 Å². The van der Waals surface area contributed by atoms with Crippen LogP contribution in [0.15, 0.2) is 0 Å². The van der Waals surface area contributed by atoms with E-state index in [1.165, 1.54) is 32.1 Å². The lowest BCUT2D eigenvalue weighted by atomic mass is 9.71. The maximum Gasteiger partial charge on any atom is 0.220 e. The Bertz CT molecular complexity index is 322. The molecular weight excluding hydrogens is 250 g/mol. The van der Waals surface area contributed by atoms with Crippen LogP contribution in [-0.2, 0) is 4.79 Å². The second-order valence-corrected chi connectivity index (χ2v) is 6.99. The van der Waals surface area contributed by atoms with Crippen molar-refractivity contribution in [2.24, 2.45) is 11.1 Å². The Kier molecular flexibility index (Phi) is 5.44. The molecule has 1 atom stereocenters. The number of carbonyl (C=O) groups is 1. The second kappa shape index (κ2) is 6.90.